The van der Waals surface area contributed by atoms with Crippen LogP contribution in [-0.2, 0) is 21.1 Å². The molecule has 1 amide bonds. The number of sulfone groups is 1. The molecule has 1 saturated heterocycles. The largest absolute Gasteiger partial charge is 0.356 e. The molecule has 0 radical (unpaired) electrons. The molecular formula is C15H18N2O4S. The Bertz CT molecular complexity index is 839. The predicted octanol–water partition coefficient (Wildman–Crippen LogP) is 1.29. The average molecular weight is 322 g/mol. The van der Waals surface area contributed by atoms with Gasteiger partial charge in [-0.2, -0.15) is 0 Å². The number of aryl methyl sites for hydroxylation is 2. The van der Waals surface area contributed by atoms with Crippen LogP contribution in [0.15, 0.2) is 16.7 Å². The van der Waals surface area contributed by atoms with Crippen molar-refractivity contribution in [1.82, 2.24) is 10.5 Å². The first kappa shape index (κ1) is 15.0. The van der Waals surface area contributed by atoms with Crippen LogP contribution in [-0.4, -0.2) is 37.0 Å². The highest BCUT2D eigenvalue weighted by Crippen LogP contribution is 2.24. The van der Waals surface area contributed by atoms with Crippen molar-refractivity contribution in [2.45, 2.75) is 32.7 Å². The van der Waals surface area contributed by atoms with E-state index in [1.165, 1.54) is 0 Å². The third-order valence-electron chi connectivity index (χ3n) is 3.90. The van der Waals surface area contributed by atoms with E-state index in [0.29, 0.717) is 17.7 Å². The van der Waals surface area contributed by atoms with Gasteiger partial charge in [0.05, 0.1) is 17.9 Å². The first-order valence-electron chi connectivity index (χ1n) is 7.19. The smallest absolute Gasteiger partial charge is 0.226 e. The van der Waals surface area contributed by atoms with E-state index in [1.807, 2.05) is 26.0 Å². The van der Waals surface area contributed by atoms with Crippen LogP contribution in [0.3, 0.4) is 0 Å². The van der Waals surface area contributed by atoms with Gasteiger partial charge >= 0.3 is 0 Å². The molecule has 1 aliphatic heterocycles. The number of hydrogen-bond donors (Lipinski definition) is 1. The Morgan fingerprint density at radius 2 is 2.18 bits per heavy atom. The molecule has 1 aliphatic rings. The van der Waals surface area contributed by atoms with Gasteiger partial charge in [0, 0.05) is 11.4 Å². The van der Waals surface area contributed by atoms with E-state index in [9.17, 15) is 13.2 Å². The maximum atomic E-state index is 12.1. The fraction of sp³-hybridized carbons (Fsp3) is 0.467. The molecule has 1 aromatic heterocycles. The van der Waals surface area contributed by atoms with E-state index in [2.05, 4.69) is 10.5 Å². The monoisotopic (exact) mass is 322 g/mol. The summed E-state index contributed by atoms with van der Waals surface area (Å²) in [7, 11) is -3.00. The van der Waals surface area contributed by atoms with Crippen molar-refractivity contribution in [2.24, 2.45) is 0 Å². The van der Waals surface area contributed by atoms with Crippen LogP contribution in [0.5, 0.6) is 0 Å². The number of nitrogens with zero attached hydrogens (tertiary/aromatic N) is 1. The molecule has 1 fully saturated rings. The van der Waals surface area contributed by atoms with Gasteiger partial charge in [-0.05, 0) is 37.5 Å². The van der Waals surface area contributed by atoms with Crippen molar-refractivity contribution < 1.29 is 17.7 Å². The van der Waals surface area contributed by atoms with E-state index in [1.54, 1.807) is 0 Å². The number of carbonyl (C=O) groups is 1. The number of fused-ring (bicyclic) bond motifs is 1. The number of aromatic nitrogens is 1. The molecule has 118 valence electrons. The lowest BCUT2D eigenvalue weighted by molar-refractivity contribution is -0.121. The fourth-order valence-corrected chi connectivity index (χ4v) is 4.58. The van der Waals surface area contributed by atoms with E-state index in [0.717, 1.165) is 16.5 Å². The van der Waals surface area contributed by atoms with Crippen molar-refractivity contribution in [3.05, 3.63) is 29.0 Å². The molecule has 2 heterocycles. The van der Waals surface area contributed by atoms with Gasteiger partial charge < -0.3 is 9.84 Å². The number of rotatable bonds is 3. The minimum atomic E-state index is -3.00. The SMILES string of the molecule is Cc1cc(C)c2onc(CC(=O)NC3CCS(=O)(=O)C3)c2c1. The number of hydrogen-bond acceptors (Lipinski definition) is 5. The van der Waals surface area contributed by atoms with Gasteiger partial charge in [-0.15, -0.1) is 0 Å². The van der Waals surface area contributed by atoms with Gasteiger partial charge in [0.2, 0.25) is 5.91 Å². The van der Waals surface area contributed by atoms with Gasteiger partial charge in [-0.1, -0.05) is 11.2 Å². The Morgan fingerprint density at radius 1 is 1.41 bits per heavy atom. The van der Waals surface area contributed by atoms with Crippen molar-refractivity contribution >= 4 is 26.7 Å². The molecule has 0 spiro atoms. The zero-order valence-electron chi connectivity index (χ0n) is 12.5. The molecule has 0 aliphatic carbocycles. The van der Waals surface area contributed by atoms with Crippen LogP contribution >= 0.6 is 0 Å². The topological polar surface area (TPSA) is 89.3 Å². The second kappa shape index (κ2) is 5.39. The Kier molecular flexibility index (Phi) is 3.68. The zero-order valence-corrected chi connectivity index (χ0v) is 13.4. The highest BCUT2D eigenvalue weighted by Gasteiger charge is 2.29. The fourth-order valence-electron chi connectivity index (χ4n) is 2.91. The maximum Gasteiger partial charge on any atom is 0.226 e. The Morgan fingerprint density at radius 3 is 2.86 bits per heavy atom. The first-order chi connectivity index (χ1) is 10.3. The van der Waals surface area contributed by atoms with E-state index >= 15 is 0 Å². The van der Waals surface area contributed by atoms with Gasteiger partial charge in [-0.3, -0.25) is 4.79 Å². The molecule has 7 heteroatoms. The summed E-state index contributed by atoms with van der Waals surface area (Å²) in [5.41, 5.74) is 3.34. The highest BCUT2D eigenvalue weighted by molar-refractivity contribution is 7.91. The van der Waals surface area contributed by atoms with Crippen molar-refractivity contribution in [3.63, 3.8) is 0 Å². The molecule has 0 bridgehead atoms. The highest BCUT2D eigenvalue weighted by atomic mass is 32.2. The summed E-state index contributed by atoms with van der Waals surface area (Å²) in [6, 6.07) is 3.65. The molecule has 22 heavy (non-hydrogen) atoms. The van der Waals surface area contributed by atoms with Crippen molar-refractivity contribution in [3.8, 4) is 0 Å². The summed E-state index contributed by atoms with van der Waals surface area (Å²) in [6.07, 6.45) is 0.568. The predicted molar refractivity (Wildman–Crippen MR) is 82.4 cm³/mol. The van der Waals surface area contributed by atoms with Gasteiger partial charge in [0.25, 0.3) is 0 Å². The molecule has 1 atom stereocenters. The Hall–Kier alpha value is -1.89. The third-order valence-corrected chi connectivity index (χ3v) is 5.67. The van der Waals surface area contributed by atoms with Crippen LogP contribution < -0.4 is 5.32 Å². The van der Waals surface area contributed by atoms with Crippen LogP contribution in [0, 0.1) is 13.8 Å². The standard InChI is InChI=1S/C15H18N2O4S/c1-9-5-10(2)15-12(6-9)13(17-21-15)7-14(18)16-11-3-4-22(19,20)8-11/h5-6,11H,3-4,7-8H2,1-2H3,(H,16,18). The van der Waals surface area contributed by atoms with Gasteiger partial charge in [0.1, 0.15) is 5.69 Å². The average Bonchev–Trinajstić information content (AvgIpc) is 2.94. The summed E-state index contributed by atoms with van der Waals surface area (Å²) >= 11 is 0. The summed E-state index contributed by atoms with van der Waals surface area (Å²) < 4.78 is 28.1. The second-order valence-corrected chi connectivity index (χ2v) is 8.16. The van der Waals surface area contributed by atoms with E-state index in [-0.39, 0.29) is 29.9 Å². The molecule has 1 N–H and O–H groups in total. The number of benzene rings is 1. The van der Waals surface area contributed by atoms with Crippen LogP contribution in [0.1, 0.15) is 23.2 Å². The second-order valence-electron chi connectivity index (χ2n) is 5.93. The lowest BCUT2D eigenvalue weighted by Gasteiger charge is -2.09. The lowest BCUT2D eigenvalue weighted by atomic mass is 10.1. The van der Waals surface area contributed by atoms with Gasteiger partial charge in [0.15, 0.2) is 15.4 Å². The van der Waals surface area contributed by atoms with Crippen LogP contribution in [0.25, 0.3) is 11.0 Å². The normalized spacial score (nSPS) is 20.4. The first-order valence-corrected chi connectivity index (χ1v) is 9.01. The van der Waals surface area contributed by atoms with Gasteiger partial charge in [-0.25, -0.2) is 8.42 Å². The minimum Gasteiger partial charge on any atom is -0.356 e. The minimum absolute atomic E-state index is 0.0243. The third kappa shape index (κ3) is 2.99. The molecule has 1 aromatic carbocycles. The van der Waals surface area contributed by atoms with E-state index in [4.69, 9.17) is 4.52 Å². The zero-order chi connectivity index (χ0) is 15.9. The van der Waals surface area contributed by atoms with Crippen LogP contribution in [0.2, 0.25) is 0 Å². The lowest BCUT2D eigenvalue weighted by Crippen LogP contribution is -2.36. The summed E-state index contributed by atoms with van der Waals surface area (Å²) in [4.78, 5) is 12.1. The Balaban J connectivity index is 1.75. The Labute approximate surface area is 128 Å². The number of carbonyl (C=O) groups excluding carboxylic acids is 1. The summed E-state index contributed by atoms with van der Waals surface area (Å²) in [6.45, 7) is 3.92. The van der Waals surface area contributed by atoms with E-state index < -0.39 is 9.84 Å². The molecule has 0 saturated carbocycles. The van der Waals surface area contributed by atoms with Crippen molar-refractivity contribution in [1.29, 1.82) is 0 Å². The molecular weight excluding hydrogens is 304 g/mol. The number of nitrogens with one attached hydrogen (secondary N) is 1. The molecule has 1 unspecified atom stereocenters. The van der Waals surface area contributed by atoms with Crippen molar-refractivity contribution in [2.75, 3.05) is 11.5 Å². The molecule has 2 aromatic rings. The summed E-state index contributed by atoms with van der Waals surface area (Å²) in [5, 5.41) is 7.59. The van der Waals surface area contributed by atoms with Crippen LogP contribution in [0.4, 0.5) is 0 Å². The quantitative estimate of drug-likeness (QED) is 0.920. The molecule has 3 rings (SSSR count). The maximum absolute atomic E-state index is 12.1. The number of amides is 1. The molecule has 6 nitrogen and oxygen atoms in total. The summed E-state index contributed by atoms with van der Waals surface area (Å²) in [5.74, 6) is -0.0591.